The van der Waals surface area contributed by atoms with Crippen LogP contribution in [-0.4, -0.2) is 16.7 Å². The lowest BCUT2D eigenvalue weighted by Gasteiger charge is -2.40. The molecule has 0 bridgehead atoms. The molecule has 0 spiro atoms. The lowest BCUT2D eigenvalue weighted by Crippen LogP contribution is -2.45. The smallest absolute Gasteiger partial charge is 0.416 e. The quantitative estimate of drug-likeness (QED) is 0.914. The highest BCUT2D eigenvalue weighted by atomic mass is 19.4. The first-order valence-electron chi connectivity index (χ1n) is 5.89. The van der Waals surface area contributed by atoms with Gasteiger partial charge in [0.1, 0.15) is 11.4 Å². The number of hydrogen-bond acceptors (Lipinski definition) is 2. The minimum Gasteiger partial charge on any atom is -0.487 e. The Labute approximate surface area is 108 Å². The van der Waals surface area contributed by atoms with Gasteiger partial charge in [-0.1, -0.05) is 6.07 Å². The van der Waals surface area contributed by atoms with Crippen molar-refractivity contribution in [1.82, 2.24) is 0 Å². The maximum absolute atomic E-state index is 12.6. The summed E-state index contributed by atoms with van der Waals surface area (Å²) in [5.41, 5.74) is -1.65. The standard InChI is InChI=1S/C13H13F3O3/c14-13(15,16)9-3-1-4-10(7-9)19-12(5-2-6-12)8-11(17)18/h1,3-4,7H,2,5-6,8H2,(H,17,18). The van der Waals surface area contributed by atoms with E-state index in [4.69, 9.17) is 9.84 Å². The maximum Gasteiger partial charge on any atom is 0.416 e. The predicted molar refractivity (Wildman–Crippen MR) is 60.9 cm³/mol. The lowest BCUT2D eigenvalue weighted by atomic mass is 9.77. The van der Waals surface area contributed by atoms with E-state index in [0.717, 1.165) is 18.6 Å². The van der Waals surface area contributed by atoms with E-state index in [2.05, 4.69) is 0 Å². The average molecular weight is 274 g/mol. The van der Waals surface area contributed by atoms with Crippen LogP contribution in [0.25, 0.3) is 0 Å². The molecular weight excluding hydrogens is 261 g/mol. The van der Waals surface area contributed by atoms with Crippen LogP contribution >= 0.6 is 0 Å². The number of alkyl halides is 3. The molecule has 3 nitrogen and oxygen atoms in total. The number of rotatable bonds is 4. The molecule has 1 saturated carbocycles. The Hall–Kier alpha value is -1.72. The third kappa shape index (κ3) is 3.19. The number of carboxylic acid groups (broad SMARTS) is 1. The Bertz CT molecular complexity index is 478. The monoisotopic (exact) mass is 274 g/mol. The summed E-state index contributed by atoms with van der Waals surface area (Å²) in [5, 5.41) is 8.82. The van der Waals surface area contributed by atoms with E-state index in [9.17, 15) is 18.0 Å². The summed E-state index contributed by atoms with van der Waals surface area (Å²) in [6.07, 6.45) is -2.69. The molecule has 104 valence electrons. The molecule has 6 heteroatoms. The Morgan fingerprint density at radius 1 is 1.37 bits per heavy atom. The Morgan fingerprint density at radius 2 is 2.05 bits per heavy atom. The molecule has 0 atom stereocenters. The molecule has 1 N–H and O–H groups in total. The summed E-state index contributed by atoms with van der Waals surface area (Å²) < 4.78 is 43.2. The van der Waals surface area contributed by atoms with Gasteiger partial charge in [-0.25, -0.2) is 0 Å². The van der Waals surface area contributed by atoms with Crippen molar-refractivity contribution in [3.63, 3.8) is 0 Å². The maximum atomic E-state index is 12.6. The third-order valence-electron chi connectivity index (χ3n) is 3.23. The van der Waals surface area contributed by atoms with E-state index in [1.165, 1.54) is 12.1 Å². The van der Waals surface area contributed by atoms with Crippen molar-refractivity contribution in [1.29, 1.82) is 0 Å². The fourth-order valence-corrected chi connectivity index (χ4v) is 2.15. The topological polar surface area (TPSA) is 46.5 Å². The lowest BCUT2D eigenvalue weighted by molar-refractivity contribution is -0.145. The number of hydrogen-bond donors (Lipinski definition) is 1. The Morgan fingerprint density at radius 3 is 2.53 bits per heavy atom. The van der Waals surface area contributed by atoms with Gasteiger partial charge in [-0.3, -0.25) is 4.79 Å². The highest BCUT2D eigenvalue weighted by Gasteiger charge is 2.42. The van der Waals surface area contributed by atoms with Gasteiger partial charge in [0.25, 0.3) is 0 Å². The molecule has 0 unspecified atom stereocenters. The molecule has 0 aliphatic heterocycles. The predicted octanol–water partition coefficient (Wildman–Crippen LogP) is 3.48. The molecule has 0 amide bonds. The van der Waals surface area contributed by atoms with Crippen molar-refractivity contribution in [2.24, 2.45) is 0 Å². The fraction of sp³-hybridized carbons (Fsp3) is 0.462. The fourth-order valence-electron chi connectivity index (χ4n) is 2.15. The van der Waals surface area contributed by atoms with E-state index in [1.807, 2.05) is 0 Å². The largest absolute Gasteiger partial charge is 0.487 e. The molecule has 0 aromatic heterocycles. The van der Waals surface area contributed by atoms with Crippen LogP contribution in [0.5, 0.6) is 5.75 Å². The number of benzene rings is 1. The number of ether oxygens (including phenoxy) is 1. The first kappa shape index (κ1) is 13.7. The minimum absolute atomic E-state index is 0.0655. The van der Waals surface area contributed by atoms with E-state index < -0.39 is 23.3 Å². The Kier molecular flexibility index (Phi) is 3.43. The molecule has 1 aliphatic carbocycles. The summed E-state index contributed by atoms with van der Waals surface area (Å²) in [5.74, 6) is -0.942. The summed E-state index contributed by atoms with van der Waals surface area (Å²) in [6.45, 7) is 0. The van der Waals surface area contributed by atoms with Crippen LogP contribution in [0.4, 0.5) is 13.2 Å². The van der Waals surface area contributed by atoms with Crippen molar-refractivity contribution < 1.29 is 27.8 Å². The second-order valence-corrected chi connectivity index (χ2v) is 4.73. The molecule has 1 fully saturated rings. The highest BCUT2D eigenvalue weighted by Crippen LogP contribution is 2.40. The summed E-state index contributed by atoms with van der Waals surface area (Å²) in [4.78, 5) is 10.8. The Balaban J connectivity index is 2.16. The van der Waals surface area contributed by atoms with E-state index >= 15 is 0 Å². The van der Waals surface area contributed by atoms with Gasteiger partial charge in [-0.05, 0) is 37.5 Å². The van der Waals surface area contributed by atoms with E-state index in [0.29, 0.717) is 12.8 Å². The molecule has 1 aliphatic rings. The summed E-state index contributed by atoms with van der Waals surface area (Å²) >= 11 is 0. The van der Waals surface area contributed by atoms with Crippen LogP contribution in [0.1, 0.15) is 31.2 Å². The summed E-state index contributed by atoms with van der Waals surface area (Å²) in [7, 11) is 0. The van der Waals surface area contributed by atoms with Gasteiger partial charge in [0.2, 0.25) is 0 Å². The third-order valence-corrected chi connectivity index (χ3v) is 3.23. The normalized spacial score (nSPS) is 17.6. The van der Waals surface area contributed by atoms with Gasteiger partial charge in [-0.15, -0.1) is 0 Å². The highest BCUT2D eigenvalue weighted by molar-refractivity contribution is 5.68. The van der Waals surface area contributed by atoms with Crippen molar-refractivity contribution in [3.05, 3.63) is 29.8 Å². The van der Waals surface area contributed by atoms with Crippen LogP contribution in [0.3, 0.4) is 0 Å². The second-order valence-electron chi connectivity index (χ2n) is 4.73. The van der Waals surface area contributed by atoms with Gasteiger partial charge in [0, 0.05) is 0 Å². The SMILES string of the molecule is O=C(O)CC1(Oc2cccc(C(F)(F)F)c2)CCC1. The second kappa shape index (κ2) is 4.75. The molecule has 1 aromatic carbocycles. The molecular formula is C13H13F3O3. The van der Waals surface area contributed by atoms with Crippen LogP contribution in [0, 0.1) is 0 Å². The number of aliphatic carboxylic acids is 1. The van der Waals surface area contributed by atoms with Crippen molar-refractivity contribution in [3.8, 4) is 5.75 Å². The molecule has 0 radical (unpaired) electrons. The first-order chi connectivity index (χ1) is 8.81. The van der Waals surface area contributed by atoms with Crippen molar-refractivity contribution in [2.45, 2.75) is 37.5 Å². The number of carboxylic acids is 1. The zero-order valence-electron chi connectivity index (χ0n) is 10.0. The molecule has 0 heterocycles. The van der Waals surface area contributed by atoms with Crippen molar-refractivity contribution in [2.75, 3.05) is 0 Å². The zero-order valence-corrected chi connectivity index (χ0v) is 10.0. The van der Waals surface area contributed by atoms with Gasteiger partial charge < -0.3 is 9.84 Å². The van der Waals surface area contributed by atoms with Crippen LogP contribution in [0.2, 0.25) is 0 Å². The van der Waals surface area contributed by atoms with Gasteiger partial charge in [-0.2, -0.15) is 13.2 Å². The van der Waals surface area contributed by atoms with E-state index in [1.54, 1.807) is 0 Å². The van der Waals surface area contributed by atoms with Crippen LogP contribution in [0.15, 0.2) is 24.3 Å². The van der Waals surface area contributed by atoms with E-state index in [-0.39, 0.29) is 12.2 Å². The van der Waals surface area contributed by atoms with Crippen LogP contribution < -0.4 is 4.74 Å². The number of halogens is 3. The van der Waals surface area contributed by atoms with Crippen molar-refractivity contribution >= 4 is 5.97 Å². The minimum atomic E-state index is -4.43. The first-order valence-corrected chi connectivity index (χ1v) is 5.89. The van der Waals surface area contributed by atoms with Gasteiger partial charge in [0.15, 0.2) is 0 Å². The molecule has 1 aromatic rings. The van der Waals surface area contributed by atoms with Crippen LogP contribution in [-0.2, 0) is 11.0 Å². The molecule has 2 rings (SSSR count). The summed E-state index contributed by atoms with van der Waals surface area (Å²) in [6, 6.07) is 4.53. The van der Waals surface area contributed by atoms with Gasteiger partial charge in [0.05, 0.1) is 12.0 Å². The zero-order chi connectivity index (χ0) is 14.1. The average Bonchev–Trinajstić information content (AvgIpc) is 2.24. The molecule has 0 saturated heterocycles. The number of carbonyl (C=O) groups is 1. The molecule has 19 heavy (non-hydrogen) atoms. The van der Waals surface area contributed by atoms with Gasteiger partial charge >= 0.3 is 12.1 Å².